The van der Waals surface area contributed by atoms with Crippen molar-refractivity contribution in [3.63, 3.8) is 0 Å². The lowest BCUT2D eigenvalue weighted by Gasteiger charge is -2.31. The quantitative estimate of drug-likeness (QED) is 0.314. The molecule has 12 heteroatoms. The second-order valence-electron chi connectivity index (χ2n) is 8.31. The number of hydrogen-bond acceptors (Lipinski definition) is 6. The SMILES string of the molecule is Nc1c(Cl)cc(S(=O)(=O)NC(Cc2ccc3[nH]cnc3c2)C(=O)N2CCc3sccc3C2)cc1Cl. The van der Waals surface area contributed by atoms with Gasteiger partial charge in [-0.1, -0.05) is 29.3 Å². The van der Waals surface area contributed by atoms with Gasteiger partial charge in [-0.2, -0.15) is 4.72 Å². The summed E-state index contributed by atoms with van der Waals surface area (Å²) >= 11 is 13.8. The minimum atomic E-state index is -4.15. The van der Waals surface area contributed by atoms with Gasteiger partial charge in [0.15, 0.2) is 0 Å². The van der Waals surface area contributed by atoms with E-state index < -0.39 is 16.1 Å². The molecule has 8 nitrogen and oxygen atoms in total. The van der Waals surface area contributed by atoms with Gasteiger partial charge >= 0.3 is 0 Å². The molecule has 0 saturated heterocycles. The maximum atomic E-state index is 13.7. The monoisotopic (exact) mass is 549 g/mol. The van der Waals surface area contributed by atoms with Crippen molar-refractivity contribution in [3.8, 4) is 0 Å². The summed E-state index contributed by atoms with van der Waals surface area (Å²) in [6.45, 7) is 0.955. The van der Waals surface area contributed by atoms with Crippen LogP contribution in [-0.4, -0.2) is 41.8 Å². The number of aromatic nitrogens is 2. The zero-order valence-corrected chi connectivity index (χ0v) is 21.4. The van der Waals surface area contributed by atoms with Gasteiger partial charge in [-0.05, 0) is 59.7 Å². The molecule has 4 N–H and O–H groups in total. The number of fused-ring (bicyclic) bond motifs is 2. The molecule has 0 radical (unpaired) electrons. The number of halogens is 2. The highest BCUT2D eigenvalue weighted by Crippen LogP contribution is 2.31. The molecular formula is C23H21Cl2N5O3S2. The van der Waals surface area contributed by atoms with Gasteiger partial charge < -0.3 is 15.6 Å². The van der Waals surface area contributed by atoms with E-state index >= 15 is 0 Å². The number of imidazole rings is 1. The minimum absolute atomic E-state index is 0.0192. The summed E-state index contributed by atoms with van der Waals surface area (Å²) in [5.74, 6) is -0.305. The molecule has 182 valence electrons. The number of carbonyl (C=O) groups is 1. The van der Waals surface area contributed by atoms with Crippen LogP contribution in [0.5, 0.6) is 0 Å². The Hall–Kier alpha value is -2.63. The molecule has 1 unspecified atom stereocenters. The average molecular weight is 550 g/mol. The van der Waals surface area contributed by atoms with Gasteiger partial charge in [0.2, 0.25) is 15.9 Å². The van der Waals surface area contributed by atoms with E-state index in [1.54, 1.807) is 22.6 Å². The van der Waals surface area contributed by atoms with E-state index in [1.807, 2.05) is 29.6 Å². The molecule has 1 amide bonds. The Morgan fingerprint density at radius 2 is 2.00 bits per heavy atom. The molecule has 5 rings (SSSR count). The van der Waals surface area contributed by atoms with Gasteiger partial charge in [-0.25, -0.2) is 13.4 Å². The number of benzene rings is 2. The Balaban J connectivity index is 1.47. The van der Waals surface area contributed by atoms with Crippen LogP contribution in [0, 0.1) is 0 Å². The molecule has 0 fully saturated rings. The van der Waals surface area contributed by atoms with Crippen LogP contribution >= 0.6 is 34.5 Å². The molecule has 1 aliphatic heterocycles. The molecule has 2 aromatic heterocycles. The number of anilines is 1. The first-order valence-electron chi connectivity index (χ1n) is 10.7. The number of sulfonamides is 1. The Labute approximate surface area is 216 Å². The van der Waals surface area contributed by atoms with Crippen molar-refractivity contribution in [3.05, 3.63) is 74.2 Å². The first-order valence-corrected chi connectivity index (χ1v) is 13.9. The summed E-state index contributed by atoms with van der Waals surface area (Å²) < 4.78 is 29.2. The number of thiophene rings is 1. The standard InChI is InChI=1S/C23H21Cl2N5O3S2/c24-16-9-15(10-17(25)22(16)26)35(32,33)29-20(8-13-1-2-18-19(7-13)28-12-27-18)23(31)30-5-3-21-14(11-30)4-6-34-21/h1-2,4,6-7,9-10,12,20,29H,3,5,8,11,26H2,(H,27,28). The molecule has 35 heavy (non-hydrogen) atoms. The van der Waals surface area contributed by atoms with E-state index in [4.69, 9.17) is 28.9 Å². The third kappa shape index (κ3) is 4.89. The number of nitrogens with one attached hydrogen (secondary N) is 2. The minimum Gasteiger partial charge on any atom is -0.396 e. The van der Waals surface area contributed by atoms with Crippen LogP contribution in [0.3, 0.4) is 0 Å². The van der Waals surface area contributed by atoms with Crippen molar-refractivity contribution in [1.29, 1.82) is 0 Å². The summed E-state index contributed by atoms with van der Waals surface area (Å²) in [7, 11) is -4.15. The van der Waals surface area contributed by atoms with E-state index in [1.165, 1.54) is 17.0 Å². The molecule has 0 aliphatic carbocycles. The lowest BCUT2D eigenvalue weighted by molar-refractivity contribution is -0.133. The summed E-state index contributed by atoms with van der Waals surface area (Å²) in [4.78, 5) is 23.7. The number of amides is 1. The fourth-order valence-electron chi connectivity index (χ4n) is 4.15. The molecular weight excluding hydrogens is 529 g/mol. The number of nitrogens with zero attached hydrogens (tertiary/aromatic N) is 2. The number of H-pyrrole nitrogens is 1. The highest BCUT2D eigenvalue weighted by Gasteiger charge is 2.32. The Morgan fingerprint density at radius 1 is 1.23 bits per heavy atom. The Morgan fingerprint density at radius 3 is 2.77 bits per heavy atom. The van der Waals surface area contributed by atoms with Gasteiger partial charge in [0, 0.05) is 18.0 Å². The highest BCUT2D eigenvalue weighted by atomic mass is 35.5. The van der Waals surface area contributed by atoms with Gasteiger partial charge in [0.1, 0.15) is 6.04 Å². The van der Waals surface area contributed by atoms with Crippen molar-refractivity contribution in [2.45, 2.75) is 30.3 Å². The first kappa shape index (κ1) is 24.1. The van der Waals surface area contributed by atoms with Crippen LogP contribution in [0.15, 0.2) is 53.0 Å². The first-order chi connectivity index (χ1) is 16.7. The number of aromatic amines is 1. The van der Waals surface area contributed by atoms with Gasteiger partial charge in [-0.3, -0.25) is 4.79 Å². The highest BCUT2D eigenvalue weighted by molar-refractivity contribution is 7.89. The van der Waals surface area contributed by atoms with Gasteiger partial charge in [0.05, 0.1) is 38.0 Å². The van der Waals surface area contributed by atoms with Crippen LogP contribution in [0.25, 0.3) is 11.0 Å². The average Bonchev–Trinajstić information content (AvgIpc) is 3.49. The zero-order chi connectivity index (χ0) is 24.7. The smallest absolute Gasteiger partial charge is 0.241 e. The Kier molecular flexibility index (Phi) is 6.49. The zero-order valence-electron chi connectivity index (χ0n) is 18.3. The fraction of sp³-hybridized carbons (Fsp3) is 0.217. The van der Waals surface area contributed by atoms with Crippen molar-refractivity contribution < 1.29 is 13.2 Å². The predicted octanol–water partition coefficient (Wildman–Crippen LogP) is 3.99. The van der Waals surface area contributed by atoms with Gasteiger partial charge in [-0.15, -0.1) is 11.3 Å². The molecule has 0 spiro atoms. The Bertz CT molecular complexity index is 1510. The summed E-state index contributed by atoms with van der Waals surface area (Å²) in [6.07, 6.45) is 2.46. The van der Waals surface area contributed by atoms with Crippen LogP contribution in [0.1, 0.15) is 16.0 Å². The van der Waals surface area contributed by atoms with Crippen LogP contribution in [-0.2, 0) is 34.2 Å². The number of nitrogens with two attached hydrogens (primary N) is 1. The summed E-state index contributed by atoms with van der Waals surface area (Å²) in [5, 5.41) is 2.04. The molecule has 1 atom stereocenters. The third-order valence-electron chi connectivity index (χ3n) is 6.00. The summed E-state index contributed by atoms with van der Waals surface area (Å²) in [5.41, 5.74) is 9.29. The van der Waals surface area contributed by atoms with Crippen molar-refractivity contribution >= 4 is 67.2 Å². The largest absolute Gasteiger partial charge is 0.396 e. The lowest BCUT2D eigenvalue weighted by Crippen LogP contribution is -2.50. The van der Waals surface area contributed by atoms with Crippen LogP contribution < -0.4 is 10.5 Å². The van der Waals surface area contributed by atoms with E-state index in [-0.39, 0.29) is 33.0 Å². The molecule has 0 bridgehead atoms. The van der Waals surface area contributed by atoms with Crippen molar-refractivity contribution in [2.24, 2.45) is 0 Å². The number of hydrogen-bond donors (Lipinski definition) is 3. The predicted molar refractivity (Wildman–Crippen MR) is 138 cm³/mol. The topological polar surface area (TPSA) is 121 Å². The summed E-state index contributed by atoms with van der Waals surface area (Å²) in [6, 6.07) is 8.94. The maximum Gasteiger partial charge on any atom is 0.241 e. The van der Waals surface area contributed by atoms with E-state index in [9.17, 15) is 13.2 Å². The molecule has 0 saturated carbocycles. The fourth-order valence-corrected chi connectivity index (χ4v) is 6.89. The number of carbonyl (C=O) groups excluding carboxylic acids is 1. The van der Waals surface area contributed by atoms with Crippen LogP contribution in [0.4, 0.5) is 5.69 Å². The van der Waals surface area contributed by atoms with E-state index in [0.717, 1.165) is 28.6 Å². The van der Waals surface area contributed by atoms with Crippen molar-refractivity contribution in [2.75, 3.05) is 12.3 Å². The molecule has 4 aromatic rings. The molecule has 3 heterocycles. The lowest BCUT2D eigenvalue weighted by atomic mass is 10.0. The third-order valence-corrected chi connectivity index (χ3v) is 9.10. The number of rotatable bonds is 6. The molecule has 1 aliphatic rings. The van der Waals surface area contributed by atoms with Crippen molar-refractivity contribution in [1.82, 2.24) is 19.6 Å². The normalized spacial score (nSPS) is 14.7. The number of nitrogen functional groups attached to an aromatic ring is 1. The second-order valence-corrected chi connectivity index (χ2v) is 11.8. The van der Waals surface area contributed by atoms with E-state index in [0.29, 0.717) is 13.1 Å². The maximum absolute atomic E-state index is 13.7. The molecule has 2 aromatic carbocycles. The van der Waals surface area contributed by atoms with Crippen LogP contribution in [0.2, 0.25) is 10.0 Å². The van der Waals surface area contributed by atoms with Gasteiger partial charge in [0.25, 0.3) is 0 Å². The second kappa shape index (κ2) is 9.44. The van der Waals surface area contributed by atoms with E-state index in [2.05, 4.69) is 14.7 Å².